The lowest BCUT2D eigenvalue weighted by molar-refractivity contribution is 0.295. The molecule has 0 spiro atoms. The van der Waals surface area contributed by atoms with Crippen LogP contribution in [-0.2, 0) is 6.54 Å². The fraction of sp³-hybridized carbons (Fsp3) is 0.615. The van der Waals surface area contributed by atoms with E-state index in [1.807, 2.05) is 24.5 Å². The van der Waals surface area contributed by atoms with Crippen LogP contribution in [0, 0.1) is 0 Å². The summed E-state index contributed by atoms with van der Waals surface area (Å²) in [6, 6.07) is 4.40. The Morgan fingerprint density at radius 2 is 2.06 bits per heavy atom. The zero-order chi connectivity index (χ0) is 11.8. The summed E-state index contributed by atoms with van der Waals surface area (Å²) in [7, 11) is 2.12. The van der Waals surface area contributed by atoms with E-state index in [4.69, 9.17) is 5.73 Å². The summed E-state index contributed by atoms with van der Waals surface area (Å²) in [6.45, 7) is 4.11. The Kier molecular flexibility index (Phi) is 6.04. The SMILES string of the molecule is CCCCC(N)CN(C)Cc1ccncc1. The van der Waals surface area contributed by atoms with Gasteiger partial charge >= 0.3 is 0 Å². The lowest BCUT2D eigenvalue weighted by atomic mass is 10.1. The van der Waals surface area contributed by atoms with Crippen molar-refractivity contribution in [3.8, 4) is 0 Å². The van der Waals surface area contributed by atoms with Crippen molar-refractivity contribution in [3.63, 3.8) is 0 Å². The largest absolute Gasteiger partial charge is 0.327 e. The first-order valence-corrected chi connectivity index (χ1v) is 6.05. The molecule has 1 rings (SSSR count). The molecule has 1 unspecified atom stereocenters. The van der Waals surface area contributed by atoms with Gasteiger partial charge in [-0.3, -0.25) is 4.98 Å². The third-order valence-electron chi connectivity index (χ3n) is 2.68. The molecule has 0 saturated carbocycles. The lowest BCUT2D eigenvalue weighted by Gasteiger charge is -2.21. The maximum atomic E-state index is 6.06. The van der Waals surface area contributed by atoms with E-state index >= 15 is 0 Å². The molecular weight excluding hydrogens is 198 g/mol. The molecule has 0 saturated heterocycles. The van der Waals surface area contributed by atoms with Crippen molar-refractivity contribution < 1.29 is 0 Å². The van der Waals surface area contributed by atoms with Crippen molar-refractivity contribution >= 4 is 0 Å². The van der Waals surface area contributed by atoms with Gasteiger partial charge in [-0.15, -0.1) is 0 Å². The highest BCUT2D eigenvalue weighted by molar-refractivity contribution is 5.09. The molecule has 90 valence electrons. The molecule has 3 heteroatoms. The van der Waals surface area contributed by atoms with Gasteiger partial charge in [0.2, 0.25) is 0 Å². The molecule has 0 fully saturated rings. The van der Waals surface area contributed by atoms with E-state index in [2.05, 4.69) is 23.9 Å². The van der Waals surface area contributed by atoms with E-state index in [0.717, 1.165) is 19.5 Å². The summed E-state index contributed by atoms with van der Waals surface area (Å²) in [5, 5.41) is 0. The van der Waals surface area contributed by atoms with Crippen molar-refractivity contribution in [2.24, 2.45) is 5.73 Å². The molecule has 0 bridgehead atoms. The molecule has 0 aliphatic rings. The van der Waals surface area contributed by atoms with E-state index in [0.29, 0.717) is 6.04 Å². The maximum absolute atomic E-state index is 6.06. The topological polar surface area (TPSA) is 42.1 Å². The van der Waals surface area contributed by atoms with Crippen molar-refractivity contribution in [2.75, 3.05) is 13.6 Å². The third kappa shape index (κ3) is 5.24. The van der Waals surface area contributed by atoms with Gasteiger partial charge in [-0.1, -0.05) is 19.8 Å². The van der Waals surface area contributed by atoms with E-state index in [1.54, 1.807) is 0 Å². The fourth-order valence-corrected chi connectivity index (χ4v) is 1.82. The minimum absolute atomic E-state index is 0.298. The lowest BCUT2D eigenvalue weighted by Crippen LogP contribution is -2.34. The number of rotatable bonds is 7. The van der Waals surface area contributed by atoms with Crippen LogP contribution in [0.4, 0.5) is 0 Å². The van der Waals surface area contributed by atoms with Crippen molar-refractivity contribution in [2.45, 2.75) is 38.8 Å². The monoisotopic (exact) mass is 221 g/mol. The molecule has 3 nitrogen and oxygen atoms in total. The zero-order valence-corrected chi connectivity index (χ0v) is 10.4. The van der Waals surface area contributed by atoms with Crippen LogP contribution in [0.15, 0.2) is 24.5 Å². The Labute approximate surface area is 98.7 Å². The second-order valence-electron chi connectivity index (χ2n) is 4.45. The summed E-state index contributed by atoms with van der Waals surface area (Å²) in [5.41, 5.74) is 7.35. The van der Waals surface area contributed by atoms with Crippen molar-refractivity contribution in [1.82, 2.24) is 9.88 Å². The van der Waals surface area contributed by atoms with Gasteiger partial charge in [0.15, 0.2) is 0 Å². The zero-order valence-electron chi connectivity index (χ0n) is 10.4. The van der Waals surface area contributed by atoms with Crippen LogP contribution in [0.5, 0.6) is 0 Å². The highest BCUT2D eigenvalue weighted by atomic mass is 15.1. The summed E-state index contributed by atoms with van der Waals surface area (Å²) < 4.78 is 0. The van der Waals surface area contributed by atoms with Crippen molar-refractivity contribution in [1.29, 1.82) is 0 Å². The molecule has 0 aromatic carbocycles. The Balaban J connectivity index is 2.27. The molecule has 16 heavy (non-hydrogen) atoms. The highest BCUT2D eigenvalue weighted by Gasteiger charge is 2.06. The number of hydrogen-bond acceptors (Lipinski definition) is 3. The van der Waals surface area contributed by atoms with Crippen LogP contribution in [0.25, 0.3) is 0 Å². The van der Waals surface area contributed by atoms with Gasteiger partial charge in [0.1, 0.15) is 0 Å². The van der Waals surface area contributed by atoms with Gasteiger partial charge < -0.3 is 10.6 Å². The Hall–Kier alpha value is -0.930. The molecule has 1 atom stereocenters. The average molecular weight is 221 g/mol. The van der Waals surface area contributed by atoms with Crippen LogP contribution in [0.1, 0.15) is 31.7 Å². The number of hydrogen-bond donors (Lipinski definition) is 1. The summed E-state index contributed by atoms with van der Waals surface area (Å²) in [4.78, 5) is 6.28. The first-order chi connectivity index (χ1) is 7.72. The standard InChI is InChI=1S/C13H23N3/c1-3-4-5-13(14)11-16(2)10-12-6-8-15-9-7-12/h6-9,13H,3-5,10-11,14H2,1-2H3. The van der Waals surface area contributed by atoms with Crippen LogP contribution < -0.4 is 5.73 Å². The molecule has 2 N–H and O–H groups in total. The van der Waals surface area contributed by atoms with Crippen LogP contribution >= 0.6 is 0 Å². The predicted molar refractivity (Wildman–Crippen MR) is 68.1 cm³/mol. The molecule has 0 aliphatic carbocycles. The first kappa shape index (κ1) is 13.1. The Bertz CT molecular complexity index is 274. The quantitative estimate of drug-likeness (QED) is 0.766. The Morgan fingerprint density at radius 1 is 1.38 bits per heavy atom. The van der Waals surface area contributed by atoms with Crippen LogP contribution in [0.2, 0.25) is 0 Å². The number of likely N-dealkylation sites (N-methyl/N-ethyl adjacent to an activating group) is 1. The number of pyridine rings is 1. The van der Waals surface area contributed by atoms with Gasteiger partial charge in [-0.2, -0.15) is 0 Å². The van der Waals surface area contributed by atoms with E-state index in [9.17, 15) is 0 Å². The van der Waals surface area contributed by atoms with Gasteiger partial charge in [0, 0.05) is 31.5 Å². The minimum Gasteiger partial charge on any atom is -0.327 e. The third-order valence-corrected chi connectivity index (χ3v) is 2.68. The van der Waals surface area contributed by atoms with Crippen LogP contribution in [0.3, 0.4) is 0 Å². The second-order valence-corrected chi connectivity index (χ2v) is 4.45. The van der Waals surface area contributed by atoms with Gasteiger partial charge in [0.05, 0.1) is 0 Å². The van der Waals surface area contributed by atoms with Gasteiger partial charge in [0.25, 0.3) is 0 Å². The van der Waals surface area contributed by atoms with Crippen LogP contribution in [-0.4, -0.2) is 29.5 Å². The van der Waals surface area contributed by atoms with Crippen molar-refractivity contribution in [3.05, 3.63) is 30.1 Å². The maximum Gasteiger partial charge on any atom is 0.0271 e. The molecule has 1 heterocycles. The molecular formula is C13H23N3. The first-order valence-electron chi connectivity index (χ1n) is 6.05. The Morgan fingerprint density at radius 3 is 2.69 bits per heavy atom. The fourth-order valence-electron chi connectivity index (χ4n) is 1.82. The highest BCUT2D eigenvalue weighted by Crippen LogP contribution is 2.04. The summed E-state index contributed by atoms with van der Waals surface area (Å²) in [5.74, 6) is 0. The number of nitrogens with two attached hydrogens (primary N) is 1. The summed E-state index contributed by atoms with van der Waals surface area (Å²) >= 11 is 0. The molecule has 0 radical (unpaired) electrons. The minimum atomic E-state index is 0.298. The summed E-state index contributed by atoms with van der Waals surface area (Å²) in [6.07, 6.45) is 7.24. The molecule has 1 aromatic heterocycles. The molecule has 1 aromatic rings. The van der Waals surface area contributed by atoms with E-state index in [-0.39, 0.29) is 0 Å². The molecule has 0 aliphatic heterocycles. The molecule has 0 amide bonds. The number of aromatic nitrogens is 1. The predicted octanol–water partition coefficient (Wildman–Crippen LogP) is 2.03. The smallest absolute Gasteiger partial charge is 0.0271 e. The normalized spacial score (nSPS) is 13.0. The van der Waals surface area contributed by atoms with Gasteiger partial charge in [-0.05, 0) is 31.2 Å². The number of nitrogens with zero attached hydrogens (tertiary/aromatic N) is 2. The average Bonchev–Trinajstić information content (AvgIpc) is 2.27. The second kappa shape index (κ2) is 7.36. The number of unbranched alkanes of at least 4 members (excludes halogenated alkanes) is 1. The van der Waals surface area contributed by atoms with E-state index in [1.165, 1.54) is 18.4 Å². The van der Waals surface area contributed by atoms with Gasteiger partial charge in [-0.25, -0.2) is 0 Å². The van der Waals surface area contributed by atoms with E-state index < -0.39 is 0 Å².